The molecule has 0 spiro atoms. The summed E-state index contributed by atoms with van der Waals surface area (Å²) < 4.78 is 4.70. The molecule has 0 radical (unpaired) electrons. The Morgan fingerprint density at radius 3 is 2.41 bits per heavy atom. The average Bonchev–Trinajstić information content (AvgIpc) is 2.69. The second kappa shape index (κ2) is 8.32. The summed E-state index contributed by atoms with van der Waals surface area (Å²) in [6, 6.07) is 4.71. The third kappa shape index (κ3) is 4.53. The fourth-order valence-electron chi connectivity index (χ4n) is 2.68. The second-order valence-corrected chi connectivity index (χ2v) is 6.61. The van der Waals surface area contributed by atoms with Crippen LogP contribution in [0.15, 0.2) is 30.6 Å². The Balaban J connectivity index is 1.71. The normalized spacial score (nSPS) is 14.7. The van der Waals surface area contributed by atoms with Crippen LogP contribution in [0.4, 0.5) is 11.6 Å². The number of halogens is 1. The van der Waals surface area contributed by atoms with E-state index < -0.39 is 5.97 Å². The molecule has 1 N–H and O–H groups in total. The third-order valence-electron chi connectivity index (χ3n) is 4.32. The molecule has 3 rings (SSSR count). The van der Waals surface area contributed by atoms with Crippen LogP contribution in [-0.4, -0.2) is 72.0 Å². The number of benzene rings is 1. The quantitative estimate of drug-likeness (QED) is 0.800. The highest BCUT2D eigenvalue weighted by Crippen LogP contribution is 2.25. The number of esters is 1. The Kier molecular flexibility index (Phi) is 5.88. The van der Waals surface area contributed by atoms with Crippen LogP contribution in [0, 0.1) is 0 Å². The standard InChI is InChI=1S/C18H20ClN5O3/c1-23-5-7-24(8-6-23)16(25)13-10-20-18(21-11-13)22-15-9-12(17(26)27-2)3-4-14(15)19/h3-4,9-11H,5-8H2,1-2H3,(H,20,21,22). The van der Waals surface area contributed by atoms with E-state index in [0.29, 0.717) is 34.9 Å². The van der Waals surface area contributed by atoms with Crippen molar-refractivity contribution in [2.24, 2.45) is 0 Å². The van der Waals surface area contributed by atoms with Gasteiger partial charge >= 0.3 is 5.97 Å². The highest BCUT2D eigenvalue weighted by atomic mass is 35.5. The van der Waals surface area contributed by atoms with Gasteiger partial charge in [0.1, 0.15) is 0 Å². The van der Waals surface area contributed by atoms with Gasteiger partial charge in [0.25, 0.3) is 5.91 Å². The second-order valence-electron chi connectivity index (χ2n) is 6.20. The Bertz CT molecular complexity index is 835. The van der Waals surface area contributed by atoms with Crippen LogP contribution in [-0.2, 0) is 4.74 Å². The van der Waals surface area contributed by atoms with Gasteiger partial charge in [-0.25, -0.2) is 14.8 Å². The molecule has 9 heteroatoms. The van der Waals surface area contributed by atoms with E-state index in [9.17, 15) is 9.59 Å². The van der Waals surface area contributed by atoms with Crippen molar-refractivity contribution in [1.82, 2.24) is 19.8 Å². The van der Waals surface area contributed by atoms with Crippen LogP contribution in [0.2, 0.25) is 5.02 Å². The first-order valence-electron chi connectivity index (χ1n) is 8.42. The lowest BCUT2D eigenvalue weighted by Crippen LogP contribution is -2.47. The Morgan fingerprint density at radius 1 is 1.11 bits per heavy atom. The van der Waals surface area contributed by atoms with Gasteiger partial charge in [-0.2, -0.15) is 0 Å². The molecule has 2 heterocycles. The monoisotopic (exact) mass is 389 g/mol. The minimum atomic E-state index is -0.469. The predicted molar refractivity (Wildman–Crippen MR) is 102 cm³/mol. The maximum absolute atomic E-state index is 12.5. The topological polar surface area (TPSA) is 87.7 Å². The smallest absolute Gasteiger partial charge is 0.337 e. The van der Waals surface area contributed by atoms with Crippen molar-refractivity contribution in [2.75, 3.05) is 45.7 Å². The number of rotatable bonds is 4. The zero-order chi connectivity index (χ0) is 19.4. The molecule has 0 saturated carbocycles. The molecule has 0 atom stereocenters. The van der Waals surface area contributed by atoms with Gasteiger partial charge < -0.3 is 19.9 Å². The number of carbonyl (C=O) groups excluding carboxylic acids is 2. The van der Waals surface area contributed by atoms with Gasteiger partial charge in [-0.3, -0.25) is 4.79 Å². The highest BCUT2D eigenvalue weighted by molar-refractivity contribution is 6.33. The van der Waals surface area contributed by atoms with Crippen molar-refractivity contribution < 1.29 is 14.3 Å². The molecule has 142 valence electrons. The first kappa shape index (κ1) is 19.1. The molecule has 1 aliphatic rings. The fraction of sp³-hybridized carbons (Fsp3) is 0.333. The van der Waals surface area contributed by atoms with Crippen LogP contribution in [0.3, 0.4) is 0 Å². The molecule has 2 aromatic rings. The van der Waals surface area contributed by atoms with E-state index in [1.165, 1.54) is 19.5 Å². The van der Waals surface area contributed by atoms with Crippen molar-refractivity contribution in [3.8, 4) is 0 Å². The van der Waals surface area contributed by atoms with Gasteiger partial charge in [0.05, 0.1) is 28.9 Å². The SMILES string of the molecule is COC(=O)c1ccc(Cl)c(Nc2ncc(C(=O)N3CCN(C)CC3)cn2)c1. The van der Waals surface area contributed by atoms with Gasteiger partial charge in [0.2, 0.25) is 5.95 Å². The number of anilines is 2. The summed E-state index contributed by atoms with van der Waals surface area (Å²) in [7, 11) is 3.34. The van der Waals surface area contributed by atoms with E-state index in [0.717, 1.165) is 13.1 Å². The van der Waals surface area contributed by atoms with Crippen molar-refractivity contribution in [3.05, 3.63) is 46.7 Å². The van der Waals surface area contributed by atoms with Crippen molar-refractivity contribution in [2.45, 2.75) is 0 Å². The van der Waals surface area contributed by atoms with E-state index >= 15 is 0 Å². The molecule has 0 bridgehead atoms. The number of hydrogen-bond acceptors (Lipinski definition) is 7. The number of hydrogen-bond donors (Lipinski definition) is 1. The third-order valence-corrected chi connectivity index (χ3v) is 4.65. The first-order valence-corrected chi connectivity index (χ1v) is 8.80. The average molecular weight is 390 g/mol. The maximum Gasteiger partial charge on any atom is 0.337 e. The number of amides is 1. The number of nitrogens with one attached hydrogen (secondary N) is 1. The summed E-state index contributed by atoms with van der Waals surface area (Å²) >= 11 is 6.15. The molecule has 8 nitrogen and oxygen atoms in total. The zero-order valence-corrected chi connectivity index (χ0v) is 15.9. The fourth-order valence-corrected chi connectivity index (χ4v) is 2.85. The number of methoxy groups -OCH3 is 1. The number of likely N-dealkylation sites (N-methyl/N-ethyl adjacent to an activating group) is 1. The summed E-state index contributed by atoms with van der Waals surface area (Å²) in [6.07, 6.45) is 2.96. The summed E-state index contributed by atoms with van der Waals surface area (Å²) in [5.74, 6) is -0.280. The summed E-state index contributed by atoms with van der Waals surface area (Å²) in [5.41, 5.74) is 1.25. The Labute approximate surface area is 162 Å². The molecular weight excluding hydrogens is 370 g/mol. The highest BCUT2D eigenvalue weighted by Gasteiger charge is 2.21. The van der Waals surface area contributed by atoms with Crippen LogP contribution in [0.25, 0.3) is 0 Å². The summed E-state index contributed by atoms with van der Waals surface area (Å²) in [5, 5.41) is 3.36. The maximum atomic E-state index is 12.5. The summed E-state index contributed by atoms with van der Waals surface area (Å²) in [6.45, 7) is 3.07. The molecule has 1 fully saturated rings. The van der Waals surface area contributed by atoms with Crippen molar-refractivity contribution in [3.63, 3.8) is 0 Å². The van der Waals surface area contributed by atoms with Crippen molar-refractivity contribution >= 4 is 35.1 Å². The van der Waals surface area contributed by atoms with E-state index in [1.807, 2.05) is 7.05 Å². The van der Waals surface area contributed by atoms with Crippen LogP contribution in [0.5, 0.6) is 0 Å². The lowest BCUT2D eigenvalue weighted by Gasteiger charge is -2.32. The van der Waals surface area contributed by atoms with Gasteiger partial charge in [0, 0.05) is 38.6 Å². The van der Waals surface area contributed by atoms with Crippen LogP contribution >= 0.6 is 11.6 Å². The van der Waals surface area contributed by atoms with Gasteiger partial charge in [-0.1, -0.05) is 11.6 Å². The molecule has 27 heavy (non-hydrogen) atoms. The Hall–Kier alpha value is -2.71. The summed E-state index contributed by atoms with van der Waals surface area (Å²) in [4.78, 5) is 36.5. The van der Waals surface area contributed by atoms with Crippen molar-refractivity contribution in [1.29, 1.82) is 0 Å². The van der Waals surface area contributed by atoms with Gasteiger partial charge in [-0.15, -0.1) is 0 Å². The number of nitrogens with zero attached hydrogens (tertiary/aromatic N) is 4. The van der Waals surface area contributed by atoms with E-state index in [2.05, 4.69) is 20.2 Å². The molecule has 1 amide bonds. The molecule has 1 aromatic carbocycles. The number of piperazine rings is 1. The molecule has 0 unspecified atom stereocenters. The van der Waals surface area contributed by atoms with E-state index in [-0.39, 0.29) is 11.9 Å². The van der Waals surface area contributed by atoms with Crippen LogP contribution < -0.4 is 5.32 Å². The molecule has 1 aliphatic heterocycles. The van der Waals surface area contributed by atoms with E-state index in [4.69, 9.17) is 16.3 Å². The number of carbonyl (C=O) groups is 2. The molecule has 1 aromatic heterocycles. The van der Waals surface area contributed by atoms with E-state index in [1.54, 1.807) is 23.1 Å². The molecule has 0 aliphatic carbocycles. The molecular formula is C18H20ClN5O3. The largest absolute Gasteiger partial charge is 0.465 e. The van der Waals surface area contributed by atoms with Gasteiger partial charge in [-0.05, 0) is 25.2 Å². The number of ether oxygens (including phenoxy) is 1. The lowest BCUT2D eigenvalue weighted by molar-refractivity contribution is 0.0600. The molecule has 1 saturated heterocycles. The predicted octanol–water partition coefficient (Wildman–Crippen LogP) is 2.05. The number of aromatic nitrogens is 2. The lowest BCUT2D eigenvalue weighted by atomic mass is 10.2. The zero-order valence-electron chi connectivity index (χ0n) is 15.1. The van der Waals surface area contributed by atoms with Gasteiger partial charge in [0.15, 0.2) is 0 Å². The minimum absolute atomic E-state index is 0.0830. The first-order chi connectivity index (χ1) is 13.0. The van der Waals surface area contributed by atoms with Crippen LogP contribution in [0.1, 0.15) is 20.7 Å². The minimum Gasteiger partial charge on any atom is -0.465 e. The Morgan fingerprint density at radius 2 is 1.78 bits per heavy atom.